The van der Waals surface area contributed by atoms with Gasteiger partial charge in [0.05, 0.1) is 0 Å². The molecular weight excluding hydrogens is 432 g/mol. The summed E-state index contributed by atoms with van der Waals surface area (Å²) in [4.78, 5) is 42.2. The van der Waals surface area contributed by atoms with Crippen molar-refractivity contribution in [1.82, 2.24) is 9.88 Å². The van der Waals surface area contributed by atoms with Gasteiger partial charge in [-0.2, -0.15) is 0 Å². The average molecular weight is 471 g/mol. The molecule has 0 saturated heterocycles. The van der Waals surface area contributed by atoms with Crippen LogP contribution in [0.3, 0.4) is 0 Å². The van der Waals surface area contributed by atoms with Crippen molar-refractivity contribution in [3.05, 3.63) is 16.1 Å². The smallest absolute Gasteiger partial charge is 0.355 e. The first kappa shape index (κ1) is 28.0. The molecule has 0 aliphatic heterocycles. The summed E-state index contributed by atoms with van der Waals surface area (Å²) in [5.74, 6) is -1.18. The first-order valence-electron chi connectivity index (χ1n) is 11.0. The molecule has 1 N–H and O–H groups in total. The summed E-state index contributed by atoms with van der Waals surface area (Å²) < 4.78 is 11.2. The Morgan fingerprint density at radius 2 is 1.84 bits per heavy atom. The van der Waals surface area contributed by atoms with Crippen molar-refractivity contribution in [1.29, 1.82) is 0 Å². The van der Waals surface area contributed by atoms with E-state index in [9.17, 15) is 19.5 Å². The first-order valence-corrected chi connectivity index (χ1v) is 11.9. The fraction of sp³-hybridized carbons (Fsp3) is 0.739. The SMILES string of the molecule is CC[C@H](C)CC(=O)N(C)[C@H](C[C@@H](OCC(=O)OC(C)(C)C)c1nc(C(=O)O)cs1)C(C)C. The van der Waals surface area contributed by atoms with Crippen LogP contribution in [0.5, 0.6) is 0 Å². The summed E-state index contributed by atoms with van der Waals surface area (Å²) in [6.45, 7) is 13.2. The number of ether oxygens (including phenoxy) is 2. The minimum Gasteiger partial charge on any atom is -0.476 e. The molecule has 32 heavy (non-hydrogen) atoms. The molecule has 0 saturated carbocycles. The Morgan fingerprint density at radius 3 is 2.31 bits per heavy atom. The Hall–Kier alpha value is -2.00. The largest absolute Gasteiger partial charge is 0.476 e. The van der Waals surface area contributed by atoms with Crippen molar-refractivity contribution in [2.45, 2.75) is 85.5 Å². The lowest BCUT2D eigenvalue weighted by Crippen LogP contribution is -2.42. The molecule has 1 aromatic rings. The van der Waals surface area contributed by atoms with Crippen molar-refractivity contribution in [2.24, 2.45) is 11.8 Å². The maximum Gasteiger partial charge on any atom is 0.355 e. The normalized spacial score (nSPS) is 14.7. The molecule has 0 unspecified atom stereocenters. The molecule has 0 spiro atoms. The first-order chi connectivity index (χ1) is 14.7. The van der Waals surface area contributed by atoms with Crippen LogP contribution < -0.4 is 0 Å². The molecule has 0 fully saturated rings. The fourth-order valence-electron chi connectivity index (χ4n) is 3.18. The van der Waals surface area contributed by atoms with Crippen molar-refractivity contribution in [3.63, 3.8) is 0 Å². The van der Waals surface area contributed by atoms with E-state index >= 15 is 0 Å². The van der Waals surface area contributed by atoms with Crippen LogP contribution in [0.2, 0.25) is 0 Å². The third-order valence-electron chi connectivity index (χ3n) is 5.17. The number of rotatable bonds is 12. The zero-order valence-electron chi connectivity index (χ0n) is 20.5. The van der Waals surface area contributed by atoms with E-state index in [1.165, 1.54) is 16.7 Å². The van der Waals surface area contributed by atoms with Gasteiger partial charge in [0.2, 0.25) is 5.91 Å². The highest BCUT2D eigenvalue weighted by Gasteiger charge is 2.30. The molecule has 1 heterocycles. The molecule has 0 aliphatic rings. The van der Waals surface area contributed by atoms with Gasteiger partial charge in [0, 0.05) is 31.3 Å². The van der Waals surface area contributed by atoms with Gasteiger partial charge in [-0.05, 0) is 32.6 Å². The maximum atomic E-state index is 12.8. The highest BCUT2D eigenvalue weighted by molar-refractivity contribution is 7.09. The molecule has 1 rings (SSSR count). The third kappa shape index (κ3) is 9.24. The standard InChI is InChI=1S/C23H38N2O6S/c1-9-15(4)10-19(26)25(8)17(14(2)3)11-18(21-24-16(13-32-21)22(28)29)30-12-20(27)31-23(5,6)7/h13-15,17-18H,9-12H2,1-8H3,(H,28,29)/t15-,17+,18+/m0/s1. The maximum absolute atomic E-state index is 12.8. The summed E-state index contributed by atoms with van der Waals surface area (Å²) in [5.41, 5.74) is -0.713. The van der Waals surface area contributed by atoms with Crippen LogP contribution in [-0.4, -0.2) is 58.1 Å². The lowest BCUT2D eigenvalue weighted by Gasteiger charge is -2.34. The average Bonchev–Trinajstić information content (AvgIpc) is 3.16. The molecule has 0 aromatic carbocycles. The molecule has 8 nitrogen and oxygen atoms in total. The van der Waals surface area contributed by atoms with Crippen LogP contribution in [0.4, 0.5) is 0 Å². The molecule has 1 amide bonds. The molecule has 1 aromatic heterocycles. The number of esters is 1. The van der Waals surface area contributed by atoms with E-state index in [1.807, 2.05) is 20.8 Å². The van der Waals surface area contributed by atoms with E-state index in [1.54, 1.807) is 32.7 Å². The molecule has 0 aliphatic carbocycles. The van der Waals surface area contributed by atoms with Crippen LogP contribution in [0.1, 0.15) is 89.3 Å². The van der Waals surface area contributed by atoms with Gasteiger partial charge in [0.15, 0.2) is 5.69 Å². The monoisotopic (exact) mass is 470 g/mol. The van der Waals surface area contributed by atoms with Crippen LogP contribution >= 0.6 is 11.3 Å². The molecular formula is C23H38N2O6S. The molecule has 182 valence electrons. The summed E-state index contributed by atoms with van der Waals surface area (Å²) in [7, 11) is 1.78. The Labute approximate surface area is 195 Å². The van der Waals surface area contributed by atoms with Gasteiger partial charge in [0.25, 0.3) is 0 Å². The van der Waals surface area contributed by atoms with Crippen LogP contribution in [-0.2, 0) is 19.1 Å². The highest BCUT2D eigenvalue weighted by Crippen LogP contribution is 2.30. The number of aromatic nitrogens is 1. The van der Waals surface area contributed by atoms with Gasteiger partial charge < -0.3 is 19.5 Å². The zero-order chi connectivity index (χ0) is 24.6. The van der Waals surface area contributed by atoms with E-state index < -0.39 is 23.6 Å². The van der Waals surface area contributed by atoms with Crippen LogP contribution in [0.15, 0.2) is 5.38 Å². The number of carbonyl (C=O) groups is 3. The number of thiazole rings is 1. The second-order valence-electron chi connectivity index (χ2n) is 9.53. The van der Waals surface area contributed by atoms with E-state index in [0.717, 1.165) is 6.42 Å². The number of hydrogen-bond acceptors (Lipinski definition) is 7. The molecule has 0 radical (unpaired) electrons. The minimum absolute atomic E-state index is 0.0503. The van der Waals surface area contributed by atoms with Crippen molar-refractivity contribution in [2.75, 3.05) is 13.7 Å². The molecule has 3 atom stereocenters. The summed E-state index contributed by atoms with van der Waals surface area (Å²) in [6, 6.07) is -0.174. The topological polar surface area (TPSA) is 106 Å². The third-order valence-corrected chi connectivity index (χ3v) is 6.11. The van der Waals surface area contributed by atoms with Gasteiger partial charge in [0.1, 0.15) is 23.3 Å². The Kier molecular flexibility index (Phi) is 10.8. The number of hydrogen-bond donors (Lipinski definition) is 1. The Morgan fingerprint density at radius 1 is 1.22 bits per heavy atom. The number of carboxylic acids is 1. The Bertz CT molecular complexity index is 771. The highest BCUT2D eigenvalue weighted by atomic mass is 32.1. The van der Waals surface area contributed by atoms with E-state index in [2.05, 4.69) is 11.9 Å². The number of amides is 1. The van der Waals surface area contributed by atoms with E-state index in [0.29, 0.717) is 17.8 Å². The predicted molar refractivity (Wildman–Crippen MR) is 124 cm³/mol. The number of carboxylic acid groups (broad SMARTS) is 1. The van der Waals surface area contributed by atoms with E-state index in [4.69, 9.17) is 9.47 Å². The van der Waals surface area contributed by atoms with Gasteiger partial charge >= 0.3 is 11.9 Å². The van der Waals surface area contributed by atoms with Gasteiger partial charge in [-0.1, -0.05) is 34.1 Å². The predicted octanol–water partition coefficient (Wildman–Crippen LogP) is 4.55. The molecule has 9 heteroatoms. The van der Waals surface area contributed by atoms with Gasteiger partial charge in [-0.25, -0.2) is 14.6 Å². The number of aromatic carboxylic acids is 1. The van der Waals surface area contributed by atoms with Gasteiger partial charge in [-0.15, -0.1) is 11.3 Å². The van der Waals surface area contributed by atoms with Crippen molar-refractivity contribution >= 4 is 29.2 Å². The minimum atomic E-state index is -1.13. The summed E-state index contributed by atoms with van der Waals surface area (Å²) in [5, 5.41) is 11.1. The van der Waals surface area contributed by atoms with Gasteiger partial charge in [-0.3, -0.25) is 4.79 Å². The second-order valence-corrected chi connectivity index (χ2v) is 10.4. The van der Waals surface area contributed by atoms with Crippen LogP contribution in [0, 0.1) is 11.8 Å². The van der Waals surface area contributed by atoms with Crippen LogP contribution in [0.25, 0.3) is 0 Å². The lowest BCUT2D eigenvalue weighted by molar-refractivity contribution is -0.163. The Balaban J connectivity index is 3.07. The van der Waals surface area contributed by atoms with E-state index in [-0.39, 0.29) is 36.1 Å². The number of carbonyl (C=O) groups excluding carboxylic acids is 2. The lowest BCUT2D eigenvalue weighted by atomic mass is 9.95. The second kappa shape index (κ2) is 12.3. The quantitative estimate of drug-likeness (QED) is 0.447. The summed E-state index contributed by atoms with van der Waals surface area (Å²) in [6.07, 6.45) is 1.12. The zero-order valence-corrected chi connectivity index (χ0v) is 21.3. The fourth-order valence-corrected chi connectivity index (χ4v) is 4.03. The van der Waals surface area contributed by atoms with Crippen molar-refractivity contribution < 1.29 is 29.0 Å². The number of nitrogens with zero attached hydrogens (tertiary/aromatic N) is 2. The molecule has 0 bridgehead atoms. The summed E-state index contributed by atoms with van der Waals surface area (Å²) >= 11 is 1.17. The van der Waals surface area contributed by atoms with Crippen molar-refractivity contribution in [3.8, 4) is 0 Å².